The Morgan fingerprint density at radius 1 is 1.33 bits per heavy atom. The minimum Gasteiger partial charge on any atom is -0.320 e. The summed E-state index contributed by atoms with van der Waals surface area (Å²) in [6, 6.07) is 7.30. The lowest BCUT2D eigenvalue weighted by Gasteiger charge is -2.18. The normalized spacial score (nSPS) is 11.8. The van der Waals surface area contributed by atoms with Gasteiger partial charge in [-0.25, -0.2) is 0 Å². The van der Waals surface area contributed by atoms with Crippen molar-refractivity contribution in [3.8, 4) is 0 Å². The maximum absolute atomic E-state index is 12.0. The van der Waals surface area contributed by atoms with Crippen molar-refractivity contribution in [2.75, 3.05) is 31.9 Å². The van der Waals surface area contributed by atoms with E-state index in [-0.39, 0.29) is 0 Å². The lowest BCUT2D eigenvalue weighted by molar-refractivity contribution is 0.462. The molecule has 0 bridgehead atoms. The molecule has 0 unspecified atom stereocenters. The van der Waals surface area contributed by atoms with E-state index < -0.39 is 10.2 Å². The van der Waals surface area contributed by atoms with Gasteiger partial charge >= 0.3 is 10.2 Å². The summed E-state index contributed by atoms with van der Waals surface area (Å²) in [5.74, 6) is 0. The number of nitrogens with zero attached hydrogens (tertiary/aromatic N) is 1. The summed E-state index contributed by atoms with van der Waals surface area (Å²) in [6.45, 7) is 3.21. The Kier molecular flexibility index (Phi) is 5.58. The molecule has 102 valence electrons. The van der Waals surface area contributed by atoms with Gasteiger partial charge in [0.25, 0.3) is 0 Å². The van der Waals surface area contributed by atoms with E-state index in [1.54, 1.807) is 19.2 Å². The van der Waals surface area contributed by atoms with E-state index in [1.165, 1.54) is 4.31 Å². The summed E-state index contributed by atoms with van der Waals surface area (Å²) in [5.41, 5.74) is 1.61. The van der Waals surface area contributed by atoms with Crippen molar-refractivity contribution < 1.29 is 8.42 Å². The smallest absolute Gasteiger partial charge is 0.301 e. The number of hydrogen-bond acceptors (Lipinski definition) is 3. The van der Waals surface area contributed by atoms with Crippen LogP contribution >= 0.6 is 0 Å². The quantitative estimate of drug-likeness (QED) is 0.732. The summed E-state index contributed by atoms with van der Waals surface area (Å²) < 4.78 is 27.9. The van der Waals surface area contributed by atoms with Gasteiger partial charge in [0, 0.05) is 13.6 Å². The summed E-state index contributed by atoms with van der Waals surface area (Å²) in [6.07, 6.45) is 0.779. The highest BCUT2D eigenvalue weighted by Crippen LogP contribution is 2.12. The van der Waals surface area contributed by atoms with Crippen LogP contribution in [0.5, 0.6) is 0 Å². The largest absolute Gasteiger partial charge is 0.320 e. The lowest BCUT2D eigenvalue weighted by atomic mass is 10.2. The summed E-state index contributed by atoms with van der Waals surface area (Å²) >= 11 is 0. The van der Waals surface area contributed by atoms with Crippen molar-refractivity contribution in [2.24, 2.45) is 0 Å². The maximum atomic E-state index is 12.0. The fourth-order valence-electron chi connectivity index (χ4n) is 1.53. The van der Waals surface area contributed by atoms with Crippen molar-refractivity contribution >= 4 is 15.9 Å². The summed E-state index contributed by atoms with van der Waals surface area (Å²) in [4.78, 5) is 0. The molecule has 0 saturated carbocycles. The molecule has 0 aliphatic heterocycles. The number of benzene rings is 1. The molecule has 0 atom stereocenters. The molecule has 0 aliphatic carbocycles. The second-order valence-corrected chi connectivity index (χ2v) is 6.03. The van der Waals surface area contributed by atoms with Gasteiger partial charge < -0.3 is 5.32 Å². The van der Waals surface area contributed by atoms with E-state index in [4.69, 9.17) is 0 Å². The third-order valence-electron chi connectivity index (χ3n) is 2.58. The van der Waals surface area contributed by atoms with Crippen molar-refractivity contribution in [3.63, 3.8) is 0 Å². The first-order valence-corrected chi connectivity index (χ1v) is 7.35. The molecule has 0 heterocycles. The molecule has 0 aliphatic rings. The van der Waals surface area contributed by atoms with Gasteiger partial charge in [0.1, 0.15) is 0 Å². The summed E-state index contributed by atoms with van der Waals surface area (Å²) in [7, 11) is -0.0311. The third-order valence-corrected chi connectivity index (χ3v) is 4.07. The molecule has 0 fully saturated rings. The molecule has 5 nitrogen and oxygen atoms in total. The summed E-state index contributed by atoms with van der Waals surface area (Å²) in [5, 5.41) is 2.99. The van der Waals surface area contributed by atoms with Crippen LogP contribution in [0, 0.1) is 6.92 Å². The van der Waals surface area contributed by atoms with Crippen LogP contribution in [0.1, 0.15) is 12.0 Å². The fourth-order valence-corrected chi connectivity index (χ4v) is 2.48. The van der Waals surface area contributed by atoms with Crippen LogP contribution in [-0.4, -0.2) is 39.9 Å². The highest BCUT2D eigenvalue weighted by Gasteiger charge is 2.16. The number of nitrogens with one attached hydrogen (secondary N) is 2. The van der Waals surface area contributed by atoms with E-state index in [9.17, 15) is 8.42 Å². The zero-order chi connectivity index (χ0) is 13.6. The topological polar surface area (TPSA) is 61.4 Å². The molecule has 18 heavy (non-hydrogen) atoms. The van der Waals surface area contributed by atoms with Gasteiger partial charge in [-0.2, -0.15) is 12.7 Å². The number of rotatable bonds is 7. The van der Waals surface area contributed by atoms with Gasteiger partial charge in [-0.3, -0.25) is 4.72 Å². The molecule has 0 aromatic heterocycles. The predicted molar refractivity (Wildman–Crippen MR) is 74.9 cm³/mol. The number of hydrogen-bond donors (Lipinski definition) is 2. The van der Waals surface area contributed by atoms with Crippen LogP contribution in [0.3, 0.4) is 0 Å². The molecule has 1 aromatic carbocycles. The van der Waals surface area contributed by atoms with Crippen LogP contribution in [0.2, 0.25) is 0 Å². The first-order valence-electron chi connectivity index (χ1n) is 5.91. The highest BCUT2D eigenvalue weighted by molar-refractivity contribution is 7.90. The zero-order valence-electron chi connectivity index (χ0n) is 11.1. The second-order valence-electron chi connectivity index (χ2n) is 4.26. The van der Waals surface area contributed by atoms with Crippen LogP contribution < -0.4 is 10.0 Å². The Balaban J connectivity index is 2.64. The van der Waals surface area contributed by atoms with E-state index in [1.807, 2.05) is 26.1 Å². The van der Waals surface area contributed by atoms with Gasteiger partial charge in [0.05, 0.1) is 5.69 Å². The Labute approximate surface area is 109 Å². The van der Waals surface area contributed by atoms with Crippen molar-refractivity contribution in [1.82, 2.24) is 9.62 Å². The Morgan fingerprint density at radius 3 is 2.67 bits per heavy atom. The Morgan fingerprint density at radius 2 is 2.06 bits per heavy atom. The van der Waals surface area contributed by atoms with Crippen LogP contribution in [-0.2, 0) is 10.2 Å². The first-order chi connectivity index (χ1) is 8.45. The highest BCUT2D eigenvalue weighted by atomic mass is 32.2. The first kappa shape index (κ1) is 14.9. The predicted octanol–water partition coefficient (Wildman–Crippen LogP) is 1.19. The average molecular weight is 271 g/mol. The monoisotopic (exact) mass is 271 g/mol. The van der Waals surface area contributed by atoms with Gasteiger partial charge in [-0.1, -0.05) is 12.1 Å². The van der Waals surface area contributed by atoms with Crippen LogP contribution in [0.15, 0.2) is 24.3 Å². The fraction of sp³-hybridized carbons (Fsp3) is 0.500. The molecule has 1 rings (SSSR count). The minimum absolute atomic E-state index is 0.488. The van der Waals surface area contributed by atoms with Gasteiger partial charge in [-0.05, 0) is 44.6 Å². The second kappa shape index (κ2) is 6.72. The number of anilines is 1. The van der Waals surface area contributed by atoms with E-state index in [0.29, 0.717) is 12.2 Å². The molecule has 6 heteroatoms. The van der Waals surface area contributed by atoms with Crippen molar-refractivity contribution in [3.05, 3.63) is 29.8 Å². The average Bonchev–Trinajstić information content (AvgIpc) is 2.28. The van der Waals surface area contributed by atoms with Crippen molar-refractivity contribution in [2.45, 2.75) is 13.3 Å². The Hall–Kier alpha value is -1.11. The van der Waals surface area contributed by atoms with E-state index in [2.05, 4.69) is 10.0 Å². The van der Waals surface area contributed by atoms with Gasteiger partial charge in [-0.15, -0.1) is 0 Å². The SMILES string of the molecule is CNCCCN(C)S(=O)(=O)Nc1cccc(C)c1. The lowest BCUT2D eigenvalue weighted by Crippen LogP contribution is -2.34. The molecular formula is C12H21N3O2S. The third kappa shape index (κ3) is 4.64. The van der Waals surface area contributed by atoms with Crippen LogP contribution in [0.25, 0.3) is 0 Å². The molecule has 0 saturated heterocycles. The number of aryl methyl sites for hydroxylation is 1. The molecule has 2 N–H and O–H groups in total. The molecule has 0 spiro atoms. The van der Waals surface area contributed by atoms with Crippen molar-refractivity contribution in [1.29, 1.82) is 0 Å². The standard InChI is InChI=1S/C12H21N3O2S/c1-11-6-4-7-12(10-11)14-18(16,17)15(3)9-5-8-13-2/h4,6-7,10,13-14H,5,8-9H2,1-3H3. The maximum Gasteiger partial charge on any atom is 0.301 e. The molecule has 0 radical (unpaired) electrons. The zero-order valence-corrected chi connectivity index (χ0v) is 11.9. The molecule has 1 aromatic rings. The molecule has 0 amide bonds. The van der Waals surface area contributed by atoms with E-state index in [0.717, 1.165) is 18.5 Å². The van der Waals surface area contributed by atoms with E-state index >= 15 is 0 Å². The van der Waals surface area contributed by atoms with Gasteiger partial charge in [0.2, 0.25) is 0 Å². The minimum atomic E-state index is -3.46. The van der Waals surface area contributed by atoms with Crippen LogP contribution in [0.4, 0.5) is 5.69 Å². The van der Waals surface area contributed by atoms with Gasteiger partial charge in [0.15, 0.2) is 0 Å². The molecular weight excluding hydrogens is 250 g/mol. The Bertz CT molecular complexity index is 474.